The normalized spacial score (nSPS) is 22.4. The molecule has 1 unspecified atom stereocenters. The van der Waals surface area contributed by atoms with Crippen LogP contribution in [0.25, 0.3) is 0 Å². The molecular formula is C13H26N2O2. The van der Waals surface area contributed by atoms with Gasteiger partial charge in [-0.25, -0.2) is 0 Å². The van der Waals surface area contributed by atoms with Crippen molar-refractivity contribution in [2.45, 2.75) is 52.6 Å². The number of nitrogens with zero attached hydrogens (tertiary/aromatic N) is 1. The minimum atomic E-state index is -0.213. The highest BCUT2D eigenvalue weighted by Crippen LogP contribution is 2.20. The summed E-state index contributed by atoms with van der Waals surface area (Å²) >= 11 is 0. The largest absolute Gasteiger partial charge is 0.396 e. The lowest BCUT2D eigenvalue weighted by Crippen LogP contribution is -2.54. The van der Waals surface area contributed by atoms with Crippen molar-refractivity contribution in [2.24, 2.45) is 5.41 Å². The van der Waals surface area contributed by atoms with Gasteiger partial charge in [-0.05, 0) is 12.8 Å². The molecule has 4 heteroatoms. The molecule has 0 aromatic carbocycles. The SMILES string of the molecule is CC(C)NC1CCCN(CC(C)(C)CO)C1=O. The van der Waals surface area contributed by atoms with E-state index in [1.165, 1.54) is 0 Å². The summed E-state index contributed by atoms with van der Waals surface area (Å²) in [5.74, 6) is 0.187. The minimum absolute atomic E-state index is 0.0433. The first-order chi connectivity index (χ1) is 7.85. The highest BCUT2D eigenvalue weighted by molar-refractivity contribution is 5.82. The number of aliphatic hydroxyl groups excluding tert-OH is 1. The number of piperidine rings is 1. The van der Waals surface area contributed by atoms with Crippen molar-refractivity contribution in [1.29, 1.82) is 0 Å². The Balaban J connectivity index is 2.59. The van der Waals surface area contributed by atoms with Gasteiger partial charge in [-0.15, -0.1) is 0 Å². The Morgan fingerprint density at radius 2 is 2.18 bits per heavy atom. The third kappa shape index (κ3) is 4.28. The molecule has 0 aromatic heterocycles. The van der Waals surface area contributed by atoms with Crippen LogP contribution in [0.4, 0.5) is 0 Å². The van der Waals surface area contributed by atoms with Crippen LogP contribution in [0.2, 0.25) is 0 Å². The Morgan fingerprint density at radius 3 is 2.71 bits per heavy atom. The maximum atomic E-state index is 12.2. The second-order valence-electron chi connectivity index (χ2n) is 6.10. The molecule has 0 bridgehead atoms. The smallest absolute Gasteiger partial charge is 0.239 e. The first kappa shape index (κ1) is 14.5. The van der Waals surface area contributed by atoms with Crippen LogP contribution < -0.4 is 5.32 Å². The molecule has 1 rings (SSSR count). The molecule has 1 amide bonds. The second kappa shape index (κ2) is 5.83. The Labute approximate surface area is 104 Å². The van der Waals surface area contributed by atoms with E-state index < -0.39 is 0 Å². The molecule has 0 spiro atoms. The summed E-state index contributed by atoms with van der Waals surface area (Å²) in [4.78, 5) is 14.1. The quantitative estimate of drug-likeness (QED) is 0.756. The summed E-state index contributed by atoms with van der Waals surface area (Å²) < 4.78 is 0. The molecule has 4 nitrogen and oxygen atoms in total. The van der Waals surface area contributed by atoms with Crippen molar-refractivity contribution >= 4 is 5.91 Å². The van der Waals surface area contributed by atoms with Crippen molar-refractivity contribution in [2.75, 3.05) is 19.7 Å². The first-order valence-corrected chi connectivity index (χ1v) is 6.51. The molecule has 1 aliphatic rings. The van der Waals surface area contributed by atoms with E-state index in [1.807, 2.05) is 18.7 Å². The Hall–Kier alpha value is -0.610. The van der Waals surface area contributed by atoms with E-state index in [2.05, 4.69) is 19.2 Å². The molecule has 100 valence electrons. The number of nitrogens with one attached hydrogen (secondary N) is 1. The minimum Gasteiger partial charge on any atom is -0.396 e. The summed E-state index contributed by atoms with van der Waals surface area (Å²) in [6.07, 6.45) is 1.96. The van der Waals surface area contributed by atoms with Gasteiger partial charge in [-0.1, -0.05) is 27.7 Å². The van der Waals surface area contributed by atoms with E-state index in [1.54, 1.807) is 0 Å². The molecule has 17 heavy (non-hydrogen) atoms. The van der Waals surface area contributed by atoms with Crippen LogP contribution in [0.15, 0.2) is 0 Å². The van der Waals surface area contributed by atoms with E-state index in [0.29, 0.717) is 12.6 Å². The fourth-order valence-electron chi connectivity index (χ4n) is 2.22. The van der Waals surface area contributed by atoms with Crippen LogP contribution in [0.5, 0.6) is 0 Å². The molecular weight excluding hydrogens is 216 g/mol. The number of hydrogen-bond acceptors (Lipinski definition) is 3. The van der Waals surface area contributed by atoms with E-state index >= 15 is 0 Å². The van der Waals surface area contributed by atoms with Crippen LogP contribution in [-0.4, -0.2) is 47.7 Å². The molecule has 0 radical (unpaired) electrons. The lowest BCUT2D eigenvalue weighted by molar-refractivity contribution is -0.138. The van der Waals surface area contributed by atoms with E-state index in [4.69, 9.17) is 0 Å². The number of carbonyl (C=O) groups excluding carboxylic acids is 1. The summed E-state index contributed by atoms with van der Waals surface area (Å²) in [6.45, 7) is 9.66. The molecule has 1 saturated heterocycles. The van der Waals surface area contributed by atoms with Crippen LogP contribution in [0, 0.1) is 5.41 Å². The van der Waals surface area contributed by atoms with Crippen LogP contribution >= 0.6 is 0 Å². The number of aliphatic hydroxyl groups is 1. The first-order valence-electron chi connectivity index (χ1n) is 6.51. The maximum Gasteiger partial charge on any atom is 0.239 e. The zero-order valence-corrected chi connectivity index (χ0v) is 11.5. The van der Waals surface area contributed by atoms with Crippen molar-refractivity contribution in [3.63, 3.8) is 0 Å². The predicted molar refractivity (Wildman–Crippen MR) is 68.7 cm³/mol. The molecule has 0 saturated carbocycles. The van der Waals surface area contributed by atoms with Gasteiger partial charge in [-0.2, -0.15) is 0 Å². The van der Waals surface area contributed by atoms with Crippen LogP contribution in [0.3, 0.4) is 0 Å². The average molecular weight is 242 g/mol. The molecule has 1 heterocycles. The zero-order valence-electron chi connectivity index (χ0n) is 11.5. The number of carbonyl (C=O) groups is 1. The lowest BCUT2D eigenvalue weighted by atomic mass is 9.92. The highest BCUT2D eigenvalue weighted by Gasteiger charge is 2.32. The van der Waals surface area contributed by atoms with Gasteiger partial charge >= 0.3 is 0 Å². The average Bonchev–Trinajstić information content (AvgIpc) is 2.23. The highest BCUT2D eigenvalue weighted by atomic mass is 16.3. The van der Waals surface area contributed by atoms with Crippen LogP contribution in [-0.2, 0) is 4.79 Å². The van der Waals surface area contributed by atoms with Gasteiger partial charge in [-0.3, -0.25) is 4.79 Å². The van der Waals surface area contributed by atoms with Gasteiger partial charge < -0.3 is 15.3 Å². The topological polar surface area (TPSA) is 52.6 Å². The van der Waals surface area contributed by atoms with Gasteiger partial charge in [0.05, 0.1) is 6.04 Å². The van der Waals surface area contributed by atoms with Gasteiger partial charge in [0.1, 0.15) is 0 Å². The molecule has 0 aromatic rings. The third-order valence-corrected chi connectivity index (χ3v) is 3.11. The summed E-state index contributed by atoms with van der Waals surface area (Å²) in [5, 5.41) is 12.6. The zero-order chi connectivity index (χ0) is 13.1. The van der Waals surface area contributed by atoms with E-state index in [9.17, 15) is 9.90 Å². The van der Waals surface area contributed by atoms with Crippen molar-refractivity contribution in [3.05, 3.63) is 0 Å². The molecule has 0 aliphatic carbocycles. The molecule has 1 fully saturated rings. The predicted octanol–water partition coefficient (Wildman–Crippen LogP) is 0.994. The van der Waals surface area contributed by atoms with Crippen molar-refractivity contribution < 1.29 is 9.90 Å². The summed E-state index contributed by atoms with van der Waals surface area (Å²) in [6, 6.07) is 0.285. The Kier molecular flexibility index (Phi) is 4.95. The maximum absolute atomic E-state index is 12.2. The van der Waals surface area contributed by atoms with Gasteiger partial charge in [0.15, 0.2) is 0 Å². The van der Waals surface area contributed by atoms with Gasteiger partial charge in [0.2, 0.25) is 5.91 Å². The van der Waals surface area contributed by atoms with Gasteiger partial charge in [0.25, 0.3) is 0 Å². The fraction of sp³-hybridized carbons (Fsp3) is 0.923. The number of amides is 1. The van der Waals surface area contributed by atoms with E-state index in [-0.39, 0.29) is 24.0 Å². The third-order valence-electron chi connectivity index (χ3n) is 3.11. The number of rotatable bonds is 5. The van der Waals surface area contributed by atoms with Gasteiger partial charge in [0, 0.05) is 31.2 Å². The summed E-state index contributed by atoms with van der Waals surface area (Å²) in [5.41, 5.74) is -0.213. The Bertz CT molecular complexity index is 264. The van der Waals surface area contributed by atoms with Crippen LogP contribution in [0.1, 0.15) is 40.5 Å². The standard InChI is InChI=1S/C13H26N2O2/c1-10(2)14-11-6-5-7-15(12(11)17)8-13(3,4)9-16/h10-11,14,16H,5-9H2,1-4H3. The molecule has 1 atom stereocenters. The van der Waals surface area contributed by atoms with Crippen molar-refractivity contribution in [3.8, 4) is 0 Å². The number of hydrogen-bond donors (Lipinski definition) is 2. The summed E-state index contributed by atoms with van der Waals surface area (Å²) in [7, 11) is 0. The molecule has 2 N–H and O–H groups in total. The number of likely N-dealkylation sites (tertiary alicyclic amines) is 1. The van der Waals surface area contributed by atoms with Crippen molar-refractivity contribution in [1.82, 2.24) is 10.2 Å². The molecule has 1 aliphatic heterocycles. The van der Waals surface area contributed by atoms with E-state index in [0.717, 1.165) is 19.4 Å². The monoisotopic (exact) mass is 242 g/mol. The fourth-order valence-corrected chi connectivity index (χ4v) is 2.22. The lowest BCUT2D eigenvalue weighted by Gasteiger charge is -2.37. The second-order valence-corrected chi connectivity index (χ2v) is 6.10. The Morgan fingerprint density at radius 1 is 1.53 bits per heavy atom.